The summed E-state index contributed by atoms with van der Waals surface area (Å²) in [5.74, 6) is -0.362. The molecule has 1 unspecified atom stereocenters. The van der Waals surface area contributed by atoms with Crippen LogP contribution >= 0.6 is 0 Å². The number of pyridine rings is 1. The second kappa shape index (κ2) is 6.74. The number of likely N-dealkylation sites (N-methyl/N-ethyl adjacent to an activating group) is 1. The van der Waals surface area contributed by atoms with E-state index in [9.17, 15) is 10.0 Å². The molecule has 0 bridgehead atoms. The number of para-hydroxylation sites is 1. The molecule has 1 atom stereocenters. The minimum absolute atomic E-state index is 0.0806. The van der Waals surface area contributed by atoms with Crippen molar-refractivity contribution in [2.75, 3.05) is 18.5 Å². The number of nitrogens with zero attached hydrogens (tertiary/aromatic N) is 2. The Morgan fingerprint density at radius 1 is 1.24 bits per heavy atom. The fraction of sp³-hybridized carbons (Fsp3) is 0.250. The van der Waals surface area contributed by atoms with Gasteiger partial charge in [0.05, 0.1) is 0 Å². The van der Waals surface area contributed by atoms with Gasteiger partial charge in [0.2, 0.25) is 0 Å². The Balaban J connectivity index is 1.94. The normalized spacial score (nSPS) is 11.7. The van der Waals surface area contributed by atoms with Gasteiger partial charge in [-0.2, -0.15) is 4.73 Å². The quantitative estimate of drug-likeness (QED) is 0.670. The first-order valence-corrected chi connectivity index (χ1v) is 6.83. The first-order chi connectivity index (χ1) is 10.1. The van der Waals surface area contributed by atoms with Crippen LogP contribution in [0.4, 0.5) is 5.69 Å². The van der Waals surface area contributed by atoms with E-state index in [1.54, 1.807) is 12.1 Å². The average molecular weight is 285 g/mol. The van der Waals surface area contributed by atoms with Crippen molar-refractivity contribution in [3.8, 4) is 0 Å². The van der Waals surface area contributed by atoms with Crippen LogP contribution in [0.2, 0.25) is 0 Å². The second-order valence-electron chi connectivity index (χ2n) is 5.00. The molecule has 0 fully saturated rings. The molecule has 5 heteroatoms. The molecule has 1 amide bonds. The van der Waals surface area contributed by atoms with Crippen LogP contribution in [0.3, 0.4) is 0 Å². The molecule has 0 spiro atoms. The van der Waals surface area contributed by atoms with E-state index in [1.165, 1.54) is 12.3 Å². The fourth-order valence-electron chi connectivity index (χ4n) is 2.15. The molecule has 21 heavy (non-hydrogen) atoms. The number of hydrogen-bond acceptors (Lipinski definition) is 3. The van der Waals surface area contributed by atoms with Crippen LogP contribution in [-0.2, 0) is 0 Å². The van der Waals surface area contributed by atoms with E-state index in [1.807, 2.05) is 44.3 Å². The molecule has 0 aliphatic heterocycles. The highest BCUT2D eigenvalue weighted by molar-refractivity contribution is 5.91. The maximum absolute atomic E-state index is 12.0. The standard InChI is InChI=1S/C16H19N3O2/c1-13(12-18(2)14-8-4-3-5-9-14)17-16(20)15-10-6-7-11-19(15)21/h3-11,13H,12H2,1-2H3,(H,17,20). The van der Waals surface area contributed by atoms with Crippen LogP contribution in [0.5, 0.6) is 0 Å². The molecule has 1 aromatic carbocycles. The summed E-state index contributed by atoms with van der Waals surface area (Å²) < 4.78 is 0.572. The van der Waals surface area contributed by atoms with E-state index in [4.69, 9.17) is 0 Å². The molecule has 0 radical (unpaired) electrons. The van der Waals surface area contributed by atoms with Crippen molar-refractivity contribution in [1.82, 2.24) is 5.32 Å². The van der Waals surface area contributed by atoms with Gasteiger partial charge in [-0.15, -0.1) is 0 Å². The van der Waals surface area contributed by atoms with Crippen LogP contribution < -0.4 is 14.9 Å². The number of hydrogen-bond donors (Lipinski definition) is 1. The lowest BCUT2D eigenvalue weighted by Crippen LogP contribution is -2.45. The van der Waals surface area contributed by atoms with E-state index in [0.717, 1.165) is 5.69 Å². The van der Waals surface area contributed by atoms with Gasteiger partial charge in [-0.25, -0.2) is 0 Å². The highest BCUT2D eigenvalue weighted by Crippen LogP contribution is 2.11. The molecular formula is C16H19N3O2. The SMILES string of the molecule is CC(CN(C)c1ccccc1)NC(=O)c1cccc[n+]1[O-]. The number of amides is 1. The Hall–Kier alpha value is -2.56. The molecule has 2 rings (SSSR count). The average Bonchev–Trinajstić information content (AvgIpc) is 2.48. The first-order valence-electron chi connectivity index (χ1n) is 6.83. The predicted octanol–water partition coefficient (Wildman–Crippen LogP) is 1.57. The monoisotopic (exact) mass is 285 g/mol. The minimum atomic E-state index is -0.362. The van der Waals surface area contributed by atoms with Crippen molar-refractivity contribution in [3.63, 3.8) is 0 Å². The van der Waals surface area contributed by atoms with Gasteiger partial charge in [0.1, 0.15) is 0 Å². The zero-order chi connectivity index (χ0) is 15.2. The fourth-order valence-corrected chi connectivity index (χ4v) is 2.15. The summed E-state index contributed by atoms with van der Waals surface area (Å²) in [7, 11) is 1.97. The summed E-state index contributed by atoms with van der Waals surface area (Å²) in [6.07, 6.45) is 1.32. The molecule has 0 aliphatic rings. The van der Waals surface area contributed by atoms with Crippen LogP contribution in [0.25, 0.3) is 0 Å². The third kappa shape index (κ3) is 3.95. The first kappa shape index (κ1) is 14.8. The molecule has 0 saturated heterocycles. The van der Waals surface area contributed by atoms with Crippen molar-refractivity contribution in [2.24, 2.45) is 0 Å². The van der Waals surface area contributed by atoms with E-state index in [0.29, 0.717) is 11.3 Å². The number of carbonyl (C=O) groups excluding carboxylic acids is 1. The highest BCUT2D eigenvalue weighted by atomic mass is 16.5. The third-order valence-corrected chi connectivity index (χ3v) is 3.18. The van der Waals surface area contributed by atoms with E-state index >= 15 is 0 Å². The summed E-state index contributed by atoms with van der Waals surface area (Å²) in [6.45, 7) is 2.57. The van der Waals surface area contributed by atoms with Gasteiger partial charge in [-0.1, -0.05) is 18.2 Å². The maximum Gasteiger partial charge on any atom is 0.317 e. The summed E-state index contributed by atoms with van der Waals surface area (Å²) >= 11 is 0. The van der Waals surface area contributed by atoms with E-state index in [-0.39, 0.29) is 17.6 Å². The van der Waals surface area contributed by atoms with Crippen molar-refractivity contribution >= 4 is 11.6 Å². The molecule has 1 N–H and O–H groups in total. The third-order valence-electron chi connectivity index (χ3n) is 3.18. The highest BCUT2D eigenvalue weighted by Gasteiger charge is 2.17. The van der Waals surface area contributed by atoms with E-state index in [2.05, 4.69) is 10.2 Å². The lowest BCUT2D eigenvalue weighted by molar-refractivity contribution is -0.607. The molecular weight excluding hydrogens is 266 g/mol. The number of aromatic nitrogens is 1. The molecule has 2 aromatic rings. The number of rotatable bonds is 5. The topological polar surface area (TPSA) is 59.3 Å². The van der Waals surface area contributed by atoms with Crippen LogP contribution in [-0.4, -0.2) is 25.5 Å². The Morgan fingerprint density at radius 3 is 2.57 bits per heavy atom. The molecule has 1 heterocycles. The van der Waals surface area contributed by atoms with Gasteiger partial charge in [0, 0.05) is 37.5 Å². The lowest BCUT2D eigenvalue weighted by atomic mass is 10.2. The lowest BCUT2D eigenvalue weighted by Gasteiger charge is -2.23. The van der Waals surface area contributed by atoms with Gasteiger partial charge in [-0.3, -0.25) is 4.79 Å². The summed E-state index contributed by atoms with van der Waals surface area (Å²) in [6, 6.07) is 14.6. The Labute approximate surface area is 124 Å². The Morgan fingerprint density at radius 2 is 1.90 bits per heavy atom. The van der Waals surface area contributed by atoms with Gasteiger partial charge >= 0.3 is 5.91 Å². The summed E-state index contributed by atoms with van der Waals surface area (Å²) in [4.78, 5) is 14.1. The molecule has 1 aromatic heterocycles. The van der Waals surface area contributed by atoms with E-state index < -0.39 is 0 Å². The largest absolute Gasteiger partial charge is 0.618 e. The Bertz CT molecular complexity index is 601. The molecule has 0 saturated carbocycles. The van der Waals surface area contributed by atoms with Gasteiger partial charge in [0.15, 0.2) is 6.20 Å². The van der Waals surface area contributed by atoms with Crippen molar-refractivity contribution in [2.45, 2.75) is 13.0 Å². The Kier molecular flexibility index (Phi) is 4.77. The van der Waals surface area contributed by atoms with Crippen molar-refractivity contribution < 1.29 is 9.52 Å². The number of benzene rings is 1. The second-order valence-corrected chi connectivity index (χ2v) is 5.00. The zero-order valence-corrected chi connectivity index (χ0v) is 12.2. The van der Waals surface area contributed by atoms with Crippen molar-refractivity contribution in [3.05, 3.63) is 65.6 Å². The van der Waals surface area contributed by atoms with Crippen LogP contribution in [0.15, 0.2) is 54.7 Å². The zero-order valence-electron chi connectivity index (χ0n) is 12.2. The number of nitrogens with one attached hydrogen (secondary N) is 1. The molecule has 5 nitrogen and oxygen atoms in total. The van der Waals surface area contributed by atoms with Gasteiger partial charge < -0.3 is 15.4 Å². The molecule has 110 valence electrons. The van der Waals surface area contributed by atoms with Crippen LogP contribution in [0, 0.1) is 5.21 Å². The predicted molar refractivity (Wildman–Crippen MR) is 82.0 cm³/mol. The number of anilines is 1. The summed E-state index contributed by atoms with van der Waals surface area (Å²) in [5, 5.41) is 14.4. The number of carbonyl (C=O) groups is 1. The molecule has 0 aliphatic carbocycles. The summed E-state index contributed by atoms with van der Waals surface area (Å²) in [5.41, 5.74) is 1.18. The van der Waals surface area contributed by atoms with Crippen molar-refractivity contribution in [1.29, 1.82) is 0 Å². The van der Waals surface area contributed by atoms with Gasteiger partial charge in [0.25, 0.3) is 5.69 Å². The smallest absolute Gasteiger partial charge is 0.317 e. The van der Waals surface area contributed by atoms with Crippen LogP contribution in [0.1, 0.15) is 17.4 Å². The maximum atomic E-state index is 12.0. The minimum Gasteiger partial charge on any atom is -0.618 e. The van der Waals surface area contributed by atoms with Gasteiger partial charge in [-0.05, 0) is 25.1 Å².